The van der Waals surface area contributed by atoms with Gasteiger partial charge in [0.15, 0.2) is 5.69 Å². The van der Waals surface area contributed by atoms with E-state index in [1.54, 1.807) is 26.0 Å². The molecule has 0 bridgehead atoms. The van der Waals surface area contributed by atoms with Gasteiger partial charge in [-0.15, -0.1) is 0 Å². The fraction of sp³-hybridized carbons (Fsp3) is 0.481. The Morgan fingerprint density at radius 2 is 1.56 bits per heavy atom. The molecule has 0 fully saturated rings. The van der Waals surface area contributed by atoms with Gasteiger partial charge in [0.1, 0.15) is 18.8 Å². The third-order valence-electron chi connectivity index (χ3n) is 6.27. The monoisotopic (exact) mass is 572 g/mol. The first-order valence-electron chi connectivity index (χ1n) is 12.8. The minimum absolute atomic E-state index is 0.0872. The third kappa shape index (κ3) is 7.52. The number of fused-ring (bicyclic) bond motifs is 1. The molecule has 41 heavy (non-hydrogen) atoms. The van der Waals surface area contributed by atoms with Gasteiger partial charge in [-0.25, -0.2) is 9.78 Å². The summed E-state index contributed by atoms with van der Waals surface area (Å²) in [4.78, 5) is 69.7. The summed E-state index contributed by atoms with van der Waals surface area (Å²) in [5.74, 6) is -4.12. The van der Waals surface area contributed by atoms with Crippen LogP contribution < -0.4 is 5.56 Å². The Labute approximate surface area is 234 Å². The minimum Gasteiger partial charge on any atom is -0.462 e. The zero-order valence-corrected chi connectivity index (χ0v) is 23.9. The van der Waals surface area contributed by atoms with Crippen molar-refractivity contribution in [2.75, 3.05) is 13.2 Å². The lowest BCUT2D eigenvalue weighted by atomic mass is 9.97. The molecule has 0 saturated heterocycles. The van der Waals surface area contributed by atoms with Gasteiger partial charge in [0, 0.05) is 26.7 Å². The molecule has 0 radical (unpaired) electrons. The van der Waals surface area contributed by atoms with E-state index in [4.69, 9.17) is 23.5 Å². The first-order valence-corrected chi connectivity index (χ1v) is 12.8. The van der Waals surface area contributed by atoms with Crippen molar-refractivity contribution in [3.8, 4) is 11.6 Å². The number of carbonyl (C=O) groups is 4. The SMILES string of the molecule is CCOC(=O)c1noc(-c2nc3cc(C)c(C)cc3n(C[C@H](OC(C)=O)[C@H](C)[C@@H](COC(C)=O)OC(C)=O)c2=O)n1. The van der Waals surface area contributed by atoms with Gasteiger partial charge in [0.05, 0.1) is 24.2 Å². The number of benzene rings is 1. The molecule has 14 nitrogen and oxygen atoms in total. The van der Waals surface area contributed by atoms with Crippen LogP contribution in [0.3, 0.4) is 0 Å². The van der Waals surface area contributed by atoms with Crippen molar-refractivity contribution in [2.45, 2.75) is 67.2 Å². The maximum Gasteiger partial charge on any atom is 0.379 e. The van der Waals surface area contributed by atoms with Crippen molar-refractivity contribution in [3.63, 3.8) is 0 Å². The summed E-state index contributed by atoms with van der Waals surface area (Å²) in [6, 6.07) is 3.53. The van der Waals surface area contributed by atoms with E-state index in [0.29, 0.717) is 11.0 Å². The zero-order valence-electron chi connectivity index (χ0n) is 23.9. The zero-order chi connectivity index (χ0) is 30.4. The van der Waals surface area contributed by atoms with Crippen LogP contribution >= 0.6 is 0 Å². The molecule has 1 aromatic carbocycles. The number of ether oxygens (including phenoxy) is 4. The highest BCUT2D eigenvalue weighted by molar-refractivity contribution is 5.85. The summed E-state index contributed by atoms with van der Waals surface area (Å²) in [6.07, 6.45) is -2.01. The van der Waals surface area contributed by atoms with E-state index in [-0.39, 0.29) is 37.2 Å². The number of rotatable bonds is 11. The molecule has 14 heteroatoms. The summed E-state index contributed by atoms with van der Waals surface area (Å²) in [6.45, 7) is 10.2. The molecule has 0 aliphatic carbocycles. The van der Waals surface area contributed by atoms with Crippen molar-refractivity contribution in [1.29, 1.82) is 0 Å². The number of hydrogen-bond acceptors (Lipinski definition) is 13. The van der Waals surface area contributed by atoms with Crippen LogP contribution in [0.25, 0.3) is 22.6 Å². The first kappa shape index (κ1) is 30.9. The van der Waals surface area contributed by atoms with Crippen LogP contribution in [0.15, 0.2) is 21.5 Å². The highest BCUT2D eigenvalue weighted by Crippen LogP contribution is 2.24. The van der Waals surface area contributed by atoms with Crippen molar-refractivity contribution in [2.24, 2.45) is 5.92 Å². The maximum atomic E-state index is 13.9. The number of esters is 4. The van der Waals surface area contributed by atoms with Gasteiger partial charge in [0.2, 0.25) is 0 Å². The van der Waals surface area contributed by atoms with Crippen molar-refractivity contribution in [1.82, 2.24) is 19.7 Å². The molecule has 3 rings (SSSR count). The topological polar surface area (TPSA) is 179 Å². The van der Waals surface area contributed by atoms with E-state index in [1.165, 1.54) is 25.3 Å². The molecule has 2 heterocycles. The van der Waals surface area contributed by atoms with E-state index in [9.17, 15) is 24.0 Å². The molecule has 0 spiro atoms. The molecule has 0 N–H and O–H groups in total. The lowest BCUT2D eigenvalue weighted by Crippen LogP contribution is -2.42. The lowest BCUT2D eigenvalue weighted by Gasteiger charge is -2.30. The minimum atomic E-state index is -1.03. The second-order valence-corrected chi connectivity index (χ2v) is 9.40. The van der Waals surface area contributed by atoms with E-state index < -0.39 is 47.6 Å². The standard InChI is InChI=1S/C27H32N4O10/c1-8-37-27(36)24-29-25(41-30-24)23-26(35)31(20-10-14(3)13(2)9-19(20)28-23)11-21(39-17(6)33)15(4)22(40-18(7)34)12-38-16(5)32/h9-10,15,21-22H,8,11-12H2,1-7H3/t15-,21-,22+/m0/s1. The molecular formula is C27H32N4O10. The molecule has 3 atom stereocenters. The smallest absolute Gasteiger partial charge is 0.379 e. The highest BCUT2D eigenvalue weighted by atomic mass is 16.6. The predicted octanol–water partition coefficient (Wildman–Crippen LogP) is 2.30. The lowest BCUT2D eigenvalue weighted by molar-refractivity contribution is -0.167. The van der Waals surface area contributed by atoms with E-state index in [2.05, 4.69) is 15.1 Å². The molecule has 2 aromatic heterocycles. The average molecular weight is 573 g/mol. The number of nitrogens with zero attached hydrogens (tertiary/aromatic N) is 4. The normalized spacial score (nSPS) is 13.2. The van der Waals surface area contributed by atoms with Gasteiger partial charge >= 0.3 is 23.9 Å². The van der Waals surface area contributed by atoms with Crippen LogP contribution in [-0.2, 0) is 39.9 Å². The summed E-state index contributed by atoms with van der Waals surface area (Å²) in [7, 11) is 0. The summed E-state index contributed by atoms with van der Waals surface area (Å²) in [5.41, 5.74) is 1.65. The van der Waals surface area contributed by atoms with E-state index >= 15 is 0 Å². The quantitative estimate of drug-likeness (QED) is 0.241. The molecule has 3 aromatic rings. The fourth-order valence-electron chi connectivity index (χ4n) is 4.06. The Kier molecular flexibility index (Phi) is 9.92. The van der Waals surface area contributed by atoms with Gasteiger partial charge < -0.3 is 28.0 Å². The van der Waals surface area contributed by atoms with E-state index in [0.717, 1.165) is 11.1 Å². The number of hydrogen-bond donors (Lipinski definition) is 0. The first-order chi connectivity index (χ1) is 19.3. The van der Waals surface area contributed by atoms with Gasteiger partial charge in [-0.1, -0.05) is 6.92 Å². The number of aromatic nitrogens is 4. The molecule has 220 valence electrons. The second kappa shape index (κ2) is 13.2. The third-order valence-corrected chi connectivity index (χ3v) is 6.27. The van der Waals surface area contributed by atoms with Crippen molar-refractivity contribution < 1.29 is 42.6 Å². The van der Waals surface area contributed by atoms with Crippen LogP contribution in [0.2, 0.25) is 0 Å². The Hall–Kier alpha value is -4.62. The molecular weight excluding hydrogens is 540 g/mol. The van der Waals surface area contributed by atoms with Gasteiger partial charge in [-0.2, -0.15) is 4.98 Å². The average Bonchev–Trinajstić information content (AvgIpc) is 3.38. The van der Waals surface area contributed by atoms with Crippen LogP contribution in [0.4, 0.5) is 0 Å². The summed E-state index contributed by atoms with van der Waals surface area (Å²) >= 11 is 0. The van der Waals surface area contributed by atoms with Crippen molar-refractivity contribution >= 4 is 34.9 Å². The van der Waals surface area contributed by atoms with Crippen LogP contribution in [0.5, 0.6) is 0 Å². The second-order valence-electron chi connectivity index (χ2n) is 9.40. The van der Waals surface area contributed by atoms with Gasteiger partial charge in [-0.3, -0.25) is 19.2 Å². The Morgan fingerprint density at radius 3 is 2.17 bits per heavy atom. The van der Waals surface area contributed by atoms with Crippen molar-refractivity contribution in [3.05, 3.63) is 39.4 Å². The Bertz CT molecular complexity index is 1530. The number of aryl methyl sites for hydroxylation is 2. The molecule has 0 unspecified atom stereocenters. The summed E-state index contributed by atoms with van der Waals surface area (Å²) < 4.78 is 27.4. The Morgan fingerprint density at radius 1 is 0.927 bits per heavy atom. The molecule has 0 aliphatic heterocycles. The van der Waals surface area contributed by atoms with Crippen LogP contribution in [0.1, 0.15) is 56.4 Å². The summed E-state index contributed by atoms with van der Waals surface area (Å²) in [5, 5.41) is 3.60. The number of carbonyl (C=O) groups excluding carboxylic acids is 4. The van der Waals surface area contributed by atoms with Gasteiger partial charge in [-0.05, 0) is 49.2 Å². The molecule has 0 amide bonds. The van der Waals surface area contributed by atoms with Crippen LogP contribution in [0, 0.1) is 19.8 Å². The Balaban J connectivity index is 2.16. The van der Waals surface area contributed by atoms with E-state index in [1.807, 2.05) is 13.8 Å². The van der Waals surface area contributed by atoms with Crippen LogP contribution in [-0.4, -0.2) is 69.0 Å². The maximum absolute atomic E-state index is 13.9. The highest BCUT2D eigenvalue weighted by Gasteiger charge is 2.33. The molecule has 0 aliphatic rings. The largest absolute Gasteiger partial charge is 0.462 e. The predicted molar refractivity (Wildman–Crippen MR) is 142 cm³/mol. The van der Waals surface area contributed by atoms with Gasteiger partial charge in [0.25, 0.3) is 17.3 Å². The molecule has 0 saturated carbocycles. The fourth-order valence-corrected chi connectivity index (χ4v) is 4.06.